The monoisotopic (exact) mass is 512 g/mol. The third-order valence-electron chi connectivity index (χ3n) is 5.58. The van der Waals surface area contributed by atoms with Gasteiger partial charge in [-0.05, 0) is 54.3 Å². The highest BCUT2D eigenvalue weighted by Crippen LogP contribution is 2.25. The van der Waals surface area contributed by atoms with Gasteiger partial charge in [0.1, 0.15) is 6.04 Å². The topological polar surface area (TPSA) is 83.6 Å². The van der Waals surface area contributed by atoms with Crippen LogP contribution in [0, 0.1) is 0 Å². The highest BCUT2D eigenvalue weighted by molar-refractivity contribution is 7.92. The molecule has 3 rings (SSSR count). The summed E-state index contributed by atoms with van der Waals surface area (Å²) >= 11 is 5.92. The lowest BCUT2D eigenvalue weighted by Gasteiger charge is -2.28. The van der Waals surface area contributed by atoms with Crippen LogP contribution in [0.1, 0.15) is 49.2 Å². The molecule has 35 heavy (non-hydrogen) atoms. The van der Waals surface area contributed by atoms with Crippen LogP contribution in [0.15, 0.2) is 72.8 Å². The van der Waals surface area contributed by atoms with Gasteiger partial charge in [0.25, 0.3) is 0 Å². The second kappa shape index (κ2) is 10.2. The van der Waals surface area contributed by atoms with Crippen LogP contribution in [-0.4, -0.2) is 32.4 Å². The molecule has 1 atom stereocenters. The number of ketones is 1. The minimum atomic E-state index is -3.76. The number of nitrogens with one attached hydrogen (secondary N) is 1. The van der Waals surface area contributed by atoms with Crippen LogP contribution < -0.4 is 9.62 Å². The van der Waals surface area contributed by atoms with Crippen molar-refractivity contribution in [3.05, 3.63) is 94.5 Å². The Morgan fingerprint density at radius 3 is 2.06 bits per heavy atom. The van der Waals surface area contributed by atoms with E-state index < -0.39 is 22.0 Å². The Balaban J connectivity index is 1.81. The summed E-state index contributed by atoms with van der Waals surface area (Å²) in [7, 11) is -3.76. The third kappa shape index (κ3) is 6.50. The van der Waals surface area contributed by atoms with E-state index >= 15 is 0 Å². The van der Waals surface area contributed by atoms with E-state index in [9.17, 15) is 18.0 Å². The fraction of sp³-hybridized carbons (Fsp3) is 0.259. The predicted molar refractivity (Wildman–Crippen MR) is 142 cm³/mol. The molecule has 184 valence electrons. The average Bonchev–Trinajstić information content (AvgIpc) is 2.78. The van der Waals surface area contributed by atoms with E-state index in [0.29, 0.717) is 27.5 Å². The van der Waals surface area contributed by atoms with Crippen LogP contribution in [-0.2, 0) is 20.2 Å². The molecule has 0 saturated carbocycles. The molecule has 0 fully saturated rings. The molecule has 0 bridgehead atoms. The second-order valence-corrected chi connectivity index (χ2v) is 11.7. The number of nitrogens with zero attached hydrogens (tertiary/aromatic N) is 1. The summed E-state index contributed by atoms with van der Waals surface area (Å²) in [5.74, 6) is -0.710. The van der Waals surface area contributed by atoms with Crippen LogP contribution >= 0.6 is 11.6 Å². The Labute approximate surface area is 212 Å². The first-order valence-corrected chi connectivity index (χ1v) is 13.3. The van der Waals surface area contributed by atoms with Crippen molar-refractivity contribution in [1.29, 1.82) is 0 Å². The van der Waals surface area contributed by atoms with Gasteiger partial charge in [0.2, 0.25) is 15.9 Å². The Bertz CT molecular complexity index is 1330. The number of sulfonamides is 1. The zero-order valence-electron chi connectivity index (χ0n) is 20.4. The Kier molecular flexibility index (Phi) is 7.72. The van der Waals surface area contributed by atoms with Gasteiger partial charge in [0.05, 0.1) is 11.9 Å². The van der Waals surface area contributed by atoms with Gasteiger partial charge in [-0.15, -0.1) is 0 Å². The summed E-state index contributed by atoms with van der Waals surface area (Å²) in [6, 6.07) is 19.2. The molecule has 1 amide bonds. The summed E-state index contributed by atoms with van der Waals surface area (Å²) in [6.07, 6.45) is 1.04. The first kappa shape index (κ1) is 26.4. The van der Waals surface area contributed by atoms with Gasteiger partial charge in [-0.25, -0.2) is 8.42 Å². The number of halogens is 1. The number of hydrogen-bond donors (Lipinski definition) is 1. The maximum absolute atomic E-state index is 13.0. The zero-order chi connectivity index (χ0) is 26.0. The van der Waals surface area contributed by atoms with Crippen LogP contribution in [0.5, 0.6) is 0 Å². The highest BCUT2D eigenvalue weighted by atomic mass is 35.5. The molecule has 6 nitrogen and oxygen atoms in total. The van der Waals surface area contributed by atoms with E-state index in [1.54, 1.807) is 48.5 Å². The molecule has 0 heterocycles. The fourth-order valence-electron chi connectivity index (χ4n) is 3.67. The summed E-state index contributed by atoms with van der Waals surface area (Å²) in [4.78, 5) is 26.0. The Hall–Kier alpha value is -3.16. The standard InChI is InChI=1S/C27H29ClN2O4S/c1-18(30(35(5,33)34)24-15-13-22(28)14-16-24)26(32)29-23-8-6-7-20(17-23)25(31)19-9-11-21(12-10-19)27(2,3)4/h6-18H,1-5H3,(H,29,32)/t18-/m1/s1. The number of anilines is 2. The second-order valence-electron chi connectivity index (χ2n) is 9.44. The molecule has 0 spiro atoms. The molecular formula is C27H29ClN2O4S. The van der Waals surface area contributed by atoms with Crippen molar-refractivity contribution in [1.82, 2.24) is 0 Å². The molecule has 0 aromatic heterocycles. The molecule has 0 unspecified atom stereocenters. The van der Waals surface area contributed by atoms with E-state index in [-0.39, 0.29) is 11.2 Å². The molecule has 3 aromatic rings. The number of carbonyl (C=O) groups excluding carboxylic acids is 2. The van der Waals surface area contributed by atoms with Crippen molar-refractivity contribution >= 4 is 44.7 Å². The van der Waals surface area contributed by atoms with Gasteiger partial charge in [0, 0.05) is 21.8 Å². The predicted octanol–water partition coefficient (Wildman–Crippen LogP) is 5.66. The molecular weight excluding hydrogens is 484 g/mol. The molecule has 0 aliphatic heterocycles. The van der Waals surface area contributed by atoms with Crippen molar-refractivity contribution in [3.63, 3.8) is 0 Å². The number of carbonyl (C=O) groups is 2. The maximum atomic E-state index is 13.0. The quantitative estimate of drug-likeness (QED) is 0.414. The molecule has 0 saturated heterocycles. The molecule has 8 heteroatoms. The SMILES string of the molecule is C[C@H](C(=O)Nc1cccc(C(=O)c2ccc(C(C)(C)C)cc2)c1)N(c1ccc(Cl)cc1)S(C)(=O)=O. The van der Waals surface area contributed by atoms with Crippen molar-refractivity contribution in [2.75, 3.05) is 15.9 Å². The number of hydrogen-bond acceptors (Lipinski definition) is 4. The Morgan fingerprint density at radius 2 is 1.51 bits per heavy atom. The van der Waals surface area contributed by atoms with E-state index in [0.717, 1.165) is 16.1 Å². The molecule has 1 N–H and O–H groups in total. The van der Waals surface area contributed by atoms with Crippen LogP contribution in [0.4, 0.5) is 11.4 Å². The van der Waals surface area contributed by atoms with Crippen LogP contribution in [0.25, 0.3) is 0 Å². The lowest BCUT2D eigenvalue weighted by molar-refractivity contribution is -0.116. The summed E-state index contributed by atoms with van der Waals surface area (Å²) in [6.45, 7) is 7.81. The molecule has 3 aromatic carbocycles. The average molecular weight is 513 g/mol. The van der Waals surface area contributed by atoms with E-state index in [4.69, 9.17) is 11.6 Å². The first-order valence-electron chi connectivity index (χ1n) is 11.1. The van der Waals surface area contributed by atoms with Gasteiger partial charge in [-0.1, -0.05) is 68.8 Å². The van der Waals surface area contributed by atoms with Crippen molar-refractivity contribution in [2.45, 2.75) is 39.2 Å². The normalized spacial score (nSPS) is 12.6. The summed E-state index contributed by atoms with van der Waals surface area (Å²) in [5.41, 5.74) is 2.78. The van der Waals surface area contributed by atoms with Crippen molar-refractivity contribution in [3.8, 4) is 0 Å². The smallest absolute Gasteiger partial charge is 0.247 e. The summed E-state index contributed by atoms with van der Waals surface area (Å²) < 4.78 is 26.0. The lowest BCUT2D eigenvalue weighted by Crippen LogP contribution is -2.45. The zero-order valence-corrected chi connectivity index (χ0v) is 21.9. The molecule has 0 aliphatic carbocycles. The third-order valence-corrected chi connectivity index (χ3v) is 7.07. The molecule has 0 aliphatic rings. The largest absolute Gasteiger partial charge is 0.324 e. The van der Waals surface area contributed by atoms with Crippen LogP contribution in [0.3, 0.4) is 0 Å². The fourth-order valence-corrected chi connectivity index (χ4v) is 4.97. The van der Waals surface area contributed by atoms with Gasteiger partial charge >= 0.3 is 0 Å². The van der Waals surface area contributed by atoms with E-state index in [1.807, 2.05) is 12.1 Å². The summed E-state index contributed by atoms with van der Waals surface area (Å²) in [5, 5.41) is 3.18. The minimum absolute atomic E-state index is 0.0195. The van der Waals surface area contributed by atoms with E-state index in [2.05, 4.69) is 26.1 Å². The number of amides is 1. The van der Waals surface area contributed by atoms with Gasteiger partial charge in [-0.3, -0.25) is 13.9 Å². The number of benzene rings is 3. The van der Waals surface area contributed by atoms with Crippen molar-refractivity contribution < 1.29 is 18.0 Å². The lowest BCUT2D eigenvalue weighted by atomic mass is 9.86. The number of rotatable bonds is 7. The van der Waals surface area contributed by atoms with Gasteiger partial charge in [0.15, 0.2) is 5.78 Å². The van der Waals surface area contributed by atoms with E-state index in [1.165, 1.54) is 19.1 Å². The van der Waals surface area contributed by atoms with Gasteiger partial charge < -0.3 is 5.32 Å². The highest BCUT2D eigenvalue weighted by Gasteiger charge is 2.29. The minimum Gasteiger partial charge on any atom is -0.324 e. The van der Waals surface area contributed by atoms with Crippen molar-refractivity contribution in [2.24, 2.45) is 0 Å². The molecule has 0 radical (unpaired) electrons. The Morgan fingerprint density at radius 1 is 0.914 bits per heavy atom. The van der Waals surface area contributed by atoms with Gasteiger partial charge in [-0.2, -0.15) is 0 Å². The first-order chi connectivity index (χ1) is 16.3. The maximum Gasteiger partial charge on any atom is 0.247 e. The van der Waals surface area contributed by atoms with Crippen LogP contribution in [0.2, 0.25) is 5.02 Å².